The molecule has 0 spiro atoms. The van der Waals surface area contributed by atoms with Gasteiger partial charge in [0.2, 0.25) is 0 Å². The molecule has 2 rings (SSSR count). The van der Waals surface area contributed by atoms with E-state index < -0.39 is 23.4 Å². The van der Waals surface area contributed by atoms with Gasteiger partial charge in [0.15, 0.2) is 6.61 Å². The molecule has 8 heteroatoms. The SMILES string of the molecule is COc1ccc([N+](=O)[O-])cc1C(=O)OCC(=O)NCc1ccccc1. The van der Waals surface area contributed by atoms with Crippen LogP contribution in [0.3, 0.4) is 0 Å². The van der Waals surface area contributed by atoms with Crippen molar-refractivity contribution < 1.29 is 24.0 Å². The fraction of sp³-hybridized carbons (Fsp3) is 0.176. The van der Waals surface area contributed by atoms with E-state index in [1.807, 2.05) is 30.3 Å². The monoisotopic (exact) mass is 344 g/mol. The molecule has 2 aromatic rings. The topological polar surface area (TPSA) is 108 Å². The highest BCUT2D eigenvalue weighted by Crippen LogP contribution is 2.24. The van der Waals surface area contributed by atoms with Gasteiger partial charge in [0.05, 0.1) is 12.0 Å². The van der Waals surface area contributed by atoms with E-state index in [2.05, 4.69) is 5.32 Å². The molecule has 0 unspecified atom stereocenters. The fourth-order valence-electron chi connectivity index (χ4n) is 2.03. The van der Waals surface area contributed by atoms with Crippen LogP contribution in [-0.4, -0.2) is 30.5 Å². The van der Waals surface area contributed by atoms with Crippen LogP contribution in [0.25, 0.3) is 0 Å². The van der Waals surface area contributed by atoms with Gasteiger partial charge in [0.25, 0.3) is 11.6 Å². The number of non-ortho nitro benzene ring substituents is 1. The van der Waals surface area contributed by atoms with E-state index in [1.165, 1.54) is 19.2 Å². The Bertz CT molecular complexity index is 776. The first-order chi connectivity index (χ1) is 12.0. The van der Waals surface area contributed by atoms with Crippen LogP contribution in [0.4, 0.5) is 5.69 Å². The van der Waals surface area contributed by atoms with Gasteiger partial charge in [-0.25, -0.2) is 4.79 Å². The number of ether oxygens (including phenoxy) is 2. The number of hydrogen-bond donors (Lipinski definition) is 1. The molecule has 0 aliphatic heterocycles. The standard InChI is InChI=1S/C17H16N2O6/c1-24-15-8-7-13(19(22)23)9-14(15)17(21)25-11-16(20)18-10-12-5-3-2-4-6-12/h2-9H,10-11H2,1H3,(H,18,20). The van der Waals surface area contributed by atoms with Gasteiger partial charge in [-0.15, -0.1) is 0 Å². The predicted molar refractivity (Wildman–Crippen MR) is 88.2 cm³/mol. The van der Waals surface area contributed by atoms with Gasteiger partial charge in [-0.3, -0.25) is 14.9 Å². The number of amides is 1. The molecule has 1 amide bonds. The van der Waals surface area contributed by atoms with Gasteiger partial charge in [0.1, 0.15) is 11.3 Å². The largest absolute Gasteiger partial charge is 0.496 e. The number of nitrogens with zero attached hydrogens (tertiary/aromatic N) is 1. The van der Waals surface area contributed by atoms with E-state index >= 15 is 0 Å². The molecule has 0 saturated heterocycles. The highest BCUT2D eigenvalue weighted by atomic mass is 16.6. The molecule has 0 bridgehead atoms. The summed E-state index contributed by atoms with van der Waals surface area (Å²) in [5.41, 5.74) is 0.511. The van der Waals surface area contributed by atoms with Crippen LogP contribution in [0, 0.1) is 10.1 Å². The molecule has 0 atom stereocenters. The van der Waals surface area contributed by atoms with Crippen LogP contribution in [0.2, 0.25) is 0 Å². The summed E-state index contributed by atoms with van der Waals surface area (Å²) in [6.45, 7) is -0.200. The van der Waals surface area contributed by atoms with Crippen molar-refractivity contribution in [3.8, 4) is 5.75 Å². The van der Waals surface area contributed by atoms with Crippen molar-refractivity contribution in [2.24, 2.45) is 0 Å². The zero-order chi connectivity index (χ0) is 18.2. The number of methoxy groups -OCH3 is 1. The van der Waals surface area contributed by atoms with Crippen molar-refractivity contribution in [3.05, 3.63) is 69.8 Å². The summed E-state index contributed by atoms with van der Waals surface area (Å²) in [4.78, 5) is 34.0. The van der Waals surface area contributed by atoms with Crippen molar-refractivity contribution in [2.75, 3.05) is 13.7 Å². The fourth-order valence-corrected chi connectivity index (χ4v) is 2.03. The number of rotatable bonds is 7. The summed E-state index contributed by atoms with van der Waals surface area (Å²) in [6.07, 6.45) is 0. The molecule has 0 aliphatic rings. The first-order valence-corrected chi connectivity index (χ1v) is 7.31. The lowest BCUT2D eigenvalue weighted by Gasteiger charge is -2.09. The molecule has 0 aliphatic carbocycles. The summed E-state index contributed by atoms with van der Waals surface area (Å²) in [7, 11) is 1.32. The third-order valence-electron chi connectivity index (χ3n) is 3.28. The lowest BCUT2D eigenvalue weighted by atomic mass is 10.2. The first-order valence-electron chi connectivity index (χ1n) is 7.31. The summed E-state index contributed by atoms with van der Waals surface area (Å²) >= 11 is 0. The Hall–Kier alpha value is -3.42. The number of carbonyl (C=O) groups excluding carboxylic acids is 2. The van der Waals surface area contributed by atoms with Crippen molar-refractivity contribution in [1.29, 1.82) is 0 Å². The molecule has 0 saturated carbocycles. The molecule has 130 valence electrons. The summed E-state index contributed by atoms with van der Waals surface area (Å²) < 4.78 is 9.89. The Kier molecular flexibility index (Phi) is 6.05. The maximum absolute atomic E-state index is 12.1. The minimum Gasteiger partial charge on any atom is -0.496 e. The van der Waals surface area contributed by atoms with Gasteiger partial charge >= 0.3 is 5.97 Å². The van der Waals surface area contributed by atoms with Crippen molar-refractivity contribution >= 4 is 17.6 Å². The van der Waals surface area contributed by atoms with Crippen LogP contribution in [0.1, 0.15) is 15.9 Å². The Balaban J connectivity index is 1.94. The molecule has 0 heterocycles. The van der Waals surface area contributed by atoms with Crippen LogP contribution in [0.5, 0.6) is 5.75 Å². The lowest BCUT2D eigenvalue weighted by molar-refractivity contribution is -0.384. The maximum Gasteiger partial charge on any atom is 0.342 e. The Morgan fingerprint density at radius 3 is 2.52 bits per heavy atom. The van der Waals surface area contributed by atoms with E-state index in [4.69, 9.17) is 9.47 Å². The second-order valence-corrected chi connectivity index (χ2v) is 4.98. The number of nitro benzene ring substituents is 1. The smallest absolute Gasteiger partial charge is 0.342 e. The average molecular weight is 344 g/mol. The molecule has 1 N–H and O–H groups in total. The molecular weight excluding hydrogens is 328 g/mol. The predicted octanol–water partition coefficient (Wildman–Crippen LogP) is 2.08. The third-order valence-corrected chi connectivity index (χ3v) is 3.28. The lowest BCUT2D eigenvalue weighted by Crippen LogP contribution is -2.28. The van der Waals surface area contributed by atoms with E-state index in [0.717, 1.165) is 11.6 Å². The number of nitrogens with one attached hydrogen (secondary N) is 1. The number of esters is 1. The Labute approximate surface area is 143 Å². The van der Waals surface area contributed by atoms with E-state index in [1.54, 1.807) is 0 Å². The molecule has 0 aromatic heterocycles. The molecule has 25 heavy (non-hydrogen) atoms. The normalized spacial score (nSPS) is 9.96. The molecule has 0 radical (unpaired) electrons. The summed E-state index contributed by atoms with van der Waals surface area (Å²) in [5, 5.41) is 13.4. The molecule has 8 nitrogen and oxygen atoms in total. The van der Waals surface area contributed by atoms with Gasteiger partial charge in [-0.1, -0.05) is 30.3 Å². The maximum atomic E-state index is 12.1. The zero-order valence-electron chi connectivity index (χ0n) is 13.4. The minimum atomic E-state index is -0.879. The van der Waals surface area contributed by atoms with E-state index in [0.29, 0.717) is 6.54 Å². The quantitative estimate of drug-likeness (QED) is 0.468. The van der Waals surface area contributed by atoms with Crippen molar-refractivity contribution in [3.63, 3.8) is 0 Å². The molecule has 0 fully saturated rings. The van der Waals surface area contributed by atoms with Gasteiger partial charge in [-0.05, 0) is 11.6 Å². The van der Waals surface area contributed by atoms with Crippen molar-refractivity contribution in [2.45, 2.75) is 6.54 Å². The summed E-state index contributed by atoms with van der Waals surface area (Å²) in [5.74, 6) is -1.24. The highest BCUT2D eigenvalue weighted by Gasteiger charge is 2.19. The van der Waals surface area contributed by atoms with Gasteiger partial charge in [0, 0.05) is 18.7 Å². The Morgan fingerprint density at radius 1 is 1.16 bits per heavy atom. The second kappa shape index (κ2) is 8.44. The number of carbonyl (C=O) groups is 2. The van der Waals surface area contributed by atoms with Crippen LogP contribution in [0.15, 0.2) is 48.5 Å². The number of nitro groups is 1. The van der Waals surface area contributed by atoms with E-state index in [9.17, 15) is 19.7 Å². The van der Waals surface area contributed by atoms with Crippen LogP contribution in [-0.2, 0) is 16.1 Å². The molecular formula is C17H16N2O6. The van der Waals surface area contributed by atoms with Crippen LogP contribution >= 0.6 is 0 Å². The summed E-state index contributed by atoms with van der Waals surface area (Å²) in [6, 6.07) is 12.8. The van der Waals surface area contributed by atoms with Gasteiger partial charge < -0.3 is 14.8 Å². The molecule has 2 aromatic carbocycles. The number of hydrogen-bond acceptors (Lipinski definition) is 6. The van der Waals surface area contributed by atoms with Gasteiger partial charge in [-0.2, -0.15) is 0 Å². The first kappa shape index (κ1) is 17.9. The Morgan fingerprint density at radius 2 is 1.88 bits per heavy atom. The third kappa shape index (κ3) is 5.03. The number of benzene rings is 2. The highest BCUT2D eigenvalue weighted by molar-refractivity contribution is 5.94. The van der Waals surface area contributed by atoms with Crippen molar-refractivity contribution in [1.82, 2.24) is 5.32 Å². The minimum absolute atomic E-state index is 0.118. The average Bonchev–Trinajstić information content (AvgIpc) is 2.64. The van der Waals surface area contributed by atoms with Crippen LogP contribution < -0.4 is 10.1 Å². The second-order valence-electron chi connectivity index (χ2n) is 4.98. The zero-order valence-corrected chi connectivity index (χ0v) is 13.4. The van der Waals surface area contributed by atoms with E-state index in [-0.39, 0.29) is 17.0 Å².